The number of anilines is 1. The number of sulfonamides is 1. The molecule has 0 aliphatic carbocycles. The van der Waals surface area contributed by atoms with Crippen LogP contribution in [-0.4, -0.2) is 50.0 Å². The molecule has 0 unspecified atom stereocenters. The van der Waals surface area contributed by atoms with Gasteiger partial charge in [0.1, 0.15) is 6.10 Å². The Labute approximate surface area is 124 Å². The number of aliphatic hydroxyl groups is 1. The summed E-state index contributed by atoms with van der Waals surface area (Å²) in [6.45, 7) is 4.17. The number of hydrogen-bond donors (Lipinski definition) is 1. The van der Waals surface area contributed by atoms with Gasteiger partial charge in [-0.3, -0.25) is 4.79 Å². The minimum atomic E-state index is -3.56. The quantitative estimate of drug-likeness (QED) is 0.808. The third-order valence-electron chi connectivity index (χ3n) is 3.42. The molecule has 0 spiro atoms. The fraction of sp³-hybridized carbons (Fsp3) is 0.357. The molecule has 1 aromatic carbocycles. The van der Waals surface area contributed by atoms with Crippen LogP contribution in [0.3, 0.4) is 0 Å². The van der Waals surface area contributed by atoms with Gasteiger partial charge >= 0.3 is 0 Å². The average Bonchev–Trinajstić information content (AvgIpc) is 2.79. The number of carbonyl (C=O) groups is 1. The fourth-order valence-electron chi connectivity index (χ4n) is 2.18. The standard InChI is InChI=1S/C14H18N2O4S/c1-3-9-15(2)21(19,20)12-6-4-11(5-7-12)16-10-8-13(17)14(16)18/h3-7,13,17H,1,8-10H2,2H3/t13-/m1/s1. The first-order chi connectivity index (χ1) is 9.87. The van der Waals surface area contributed by atoms with Crippen molar-refractivity contribution in [2.75, 3.05) is 25.0 Å². The van der Waals surface area contributed by atoms with E-state index in [1.807, 2.05) is 0 Å². The zero-order valence-corrected chi connectivity index (χ0v) is 12.6. The number of benzene rings is 1. The molecule has 0 aromatic heterocycles. The molecule has 1 aliphatic heterocycles. The second-order valence-corrected chi connectivity index (χ2v) is 6.91. The van der Waals surface area contributed by atoms with Crippen molar-refractivity contribution in [1.82, 2.24) is 4.31 Å². The summed E-state index contributed by atoms with van der Waals surface area (Å²) in [7, 11) is -2.08. The molecule has 0 saturated carbocycles. The van der Waals surface area contributed by atoms with Crippen LogP contribution in [0.1, 0.15) is 6.42 Å². The Balaban J connectivity index is 2.23. The van der Waals surface area contributed by atoms with Gasteiger partial charge in [0.2, 0.25) is 10.0 Å². The maximum absolute atomic E-state index is 12.2. The Morgan fingerprint density at radius 1 is 1.43 bits per heavy atom. The van der Waals surface area contributed by atoms with Crippen LogP contribution in [0.2, 0.25) is 0 Å². The van der Waals surface area contributed by atoms with Gasteiger partial charge in [0, 0.05) is 32.2 Å². The number of amides is 1. The summed E-state index contributed by atoms with van der Waals surface area (Å²) in [5.74, 6) is -0.352. The molecular weight excluding hydrogens is 292 g/mol. The molecule has 1 amide bonds. The lowest BCUT2D eigenvalue weighted by molar-refractivity contribution is -0.123. The first-order valence-electron chi connectivity index (χ1n) is 6.54. The van der Waals surface area contributed by atoms with E-state index in [1.165, 1.54) is 34.5 Å². The van der Waals surface area contributed by atoms with Crippen LogP contribution in [0.25, 0.3) is 0 Å². The van der Waals surface area contributed by atoms with Crippen LogP contribution < -0.4 is 4.90 Å². The second kappa shape index (κ2) is 5.97. The summed E-state index contributed by atoms with van der Waals surface area (Å²) in [4.78, 5) is 13.3. The first kappa shape index (κ1) is 15.7. The molecule has 21 heavy (non-hydrogen) atoms. The van der Waals surface area contributed by atoms with Crippen molar-refractivity contribution in [1.29, 1.82) is 0 Å². The van der Waals surface area contributed by atoms with E-state index < -0.39 is 16.1 Å². The predicted molar refractivity (Wildman–Crippen MR) is 79.4 cm³/mol. The van der Waals surface area contributed by atoms with E-state index in [-0.39, 0.29) is 17.3 Å². The van der Waals surface area contributed by atoms with Crippen molar-refractivity contribution < 1.29 is 18.3 Å². The molecular formula is C14H18N2O4S. The maximum atomic E-state index is 12.2. The molecule has 1 aliphatic rings. The largest absolute Gasteiger partial charge is 0.383 e. The number of aliphatic hydroxyl groups excluding tert-OH is 1. The summed E-state index contributed by atoms with van der Waals surface area (Å²) in [5, 5.41) is 9.44. The van der Waals surface area contributed by atoms with Crippen molar-refractivity contribution >= 4 is 21.6 Å². The Bertz CT molecular complexity index is 639. The number of nitrogens with zero attached hydrogens (tertiary/aromatic N) is 2. The molecule has 1 heterocycles. The number of rotatable bonds is 5. The minimum Gasteiger partial charge on any atom is -0.383 e. The predicted octanol–water partition coefficient (Wildman–Crippen LogP) is 0.591. The molecule has 114 valence electrons. The Morgan fingerprint density at radius 2 is 2.05 bits per heavy atom. The van der Waals surface area contributed by atoms with Crippen molar-refractivity contribution in [3.8, 4) is 0 Å². The van der Waals surface area contributed by atoms with E-state index in [4.69, 9.17) is 0 Å². The molecule has 0 bridgehead atoms. The van der Waals surface area contributed by atoms with Gasteiger partial charge in [-0.25, -0.2) is 8.42 Å². The van der Waals surface area contributed by atoms with Crippen molar-refractivity contribution in [3.05, 3.63) is 36.9 Å². The molecule has 0 radical (unpaired) electrons. The summed E-state index contributed by atoms with van der Waals surface area (Å²) < 4.78 is 25.7. The fourth-order valence-corrected chi connectivity index (χ4v) is 3.32. The molecule has 2 rings (SSSR count). The van der Waals surface area contributed by atoms with Crippen LogP contribution in [0.5, 0.6) is 0 Å². The van der Waals surface area contributed by atoms with Gasteiger partial charge in [-0.2, -0.15) is 4.31 Å². The Kier molecular flexibility index (Phi) is 4.46. The van der Waals surface area contributed by atoms with E-state index in [0.29, 0.717) is 18.7 Å². The van der Waals surface area contributed by atoms with Gasteiger partial charge in [-0.15, -0.1) is 6.58 Å². The highest BCUT2D eigenvalue weighted by molar-refractivity contribution is 7.89. The van der Waals surface area contributed by atoms with Crippen LogP contribution in [0, 0.1) is 0 Å². The highest BCUT2D eigenvalue weighted by Crippen LogP contribution is 2.24. The van der Waals surface area contributed by atoms with Crippen LogP contribution in [-0.2, 0) is 14.8 Å². The first-order valence-corrected chi connectivity index (χ1v) is 7.98. The van der Waals surface area contributed by atoms with Gasteiger partial charge in [-0.05, 0) is 24.3 Å². The number of carbonyl (C=O) groups excluding carboxylic acids is 1. The summed E-state index contributed by atoms with van der Waals surface area (Å²) in [6, 6.07) is 6.07. The maximum Gasteiger partial charge on any atom is 0.255 e. The summed E-state index contributed by atoms with van der Waals surface area (Å²) in [5.41, 5.74) is 0.585. The molecule has 1 fully saturated rings. The number of hydrogen-bond acceptors (Lipinski definition) is 4. The van der Waals surface area contributed by atoms with Gasteiger partial charge in [0.25, 0.3) is 5.91 Å². The zero-order valence-electron chi connectivity index (χ0n) is 11.8. The van der Waals surface area contributed by atoms with E-state index >= 15 is 0 Å². The third kappa shape index (κ3) is 2.99. The van der Waals surface area contributed by atoms with Gasteiger partial charge in [0.05, 0.1) is 4.90 Å². The van der Waals surface area contributed by atoms with Gasteiger partial charge in [-0.1, -0.05) is 6.08 Å². The topological polar surface area (TPSA) is 77.9 Å². The van der Waals surface area contributed by atoms with Gasteiger partial charge < -0.3 is 10.0 Å². The average molecular weight is 310 g/mol. The van der Waals surface area contributed by atoms with E-state index in [2.05, 4.69) is 6.58 Å². The van der Waals surface area contributed by atoms with E-state index in [1.54, 1.807) is 12.1 Å². The highest BCUT2D eigenvalue weighted by Gasteiger charge is 2.31. The summed E-state index contributed by atoms with van der Waals surface area (Å²) in [6.07, 6.45) is 0.934. The lowest BCUT2D eigenvalue weighted by Gasteiger charge is -2.18. The normalized spacial score (nSPS) is 19.3. The third-order valence-corrected chi connectivity index (χ3v) is 5.26. The van der Waals surface area contributed by atoms with E-state index in [9.17, 15) is 18.3 Å². The molecule has 1 aromatic rings. The smallest absolute Gasteiger partial charge is 0.255 e. The van der Waals surface area contributed by atoms with Crippen LogP contribution in [0.4, 0.5) is 5.69 Å². The monoisotopic (exact) mass is 310 g/mol. The lowest BCUT2D eigenvalue weighted by atomic mass is 10.3. The molecule has 1 N–H and O–H groups in total. The SMILES string of the molecule is C=CCN(C)S(=O)(=O)c1ccc(N2CC[C@@H](O)C2=O)cc1. The van der Waals surface area contributed by atoms with E-state index in [0.717, 1.165) is 0 Å². The Hall–Kier alpha value is -1.70. The minimum absolute atomic E-state index is 0.155. The highest BCUT2D eigenvalue weighted by atomic mass is 32.2. The molecule has 7 heteroatoms. The van der Waals surface area contributed by atoms with Crippen molar-refractivity contribution in [2.45, 2.75) is 17.4 Å². The van der Waals surface area contributed by atoms with Crippen LogP contribution in [0.15, 0.2) is 41.8 Å². The van der Waals surface area contributed by atoms with Crippen molar-refractivity contribution in [3.63, 3.8) is 0 Å². The van der Waals surface area contributed by atoms with Crippen LogP contribution >= 0.6 is 0 Å². The lowest BCUT2D eigenvalue weighted by Crippen LogP contribution is -2.29. The molecule has 1 atom stereocenters. The van der Waals surface area contributed by atoms with Gasteiger partial charge in [0.15, 0.2) is 0 Å². The molecule has 6 nitrogen and oxygen atoms in total. The summed E-state index contributed by atoms with van der Waals surface area (Å²) >= 11 is 0. The zero-order chi connectivity index (χ0) is 15.6. The number of likely N-dealkylation sites (N-methyl/N-ethyl adjacent to an activating group) is 1. The Morgan fingerprint density at radius 3 is 2.52 bits per heavy atom. The molecule has 1 saturated heterocycles. The van der Waals surface area contributed by atoms with Crippen molar-refractivity contribution in [2.24, 2.45) is 0 Å². The second-order valence-electron chi connectivity index (χ2n) is 4.86.